The van der Waals surface area contributed by atoms with Crippen LogP contribution in [-0.4, -0.2) is 60.2 Å². The third kappa shape index (κ3) is 2.20. The number of piperazine rings is 1. The number of hydrogen-bond acceptors (Lipinski definition) is 5. The van der Waals surface area contributed by atoms with Gasteiger partial charge in [0.25, 0.3) is 0 Å². The van der Waals surface area contributed by atoms with Crippen molar-refractivity contribution in [2.75, 3.05) is 44.2 Å². The Morgan fingerprint density at radius 1 is 1.22 bits per heavy atom. The van der Waals surface area contributed by atoms with Crippen molar-refractivity contribution in [1.29, 1.82) is 0 Å². The van der Waals surface area contributed by atoms with Gasteiger partial charge in [-0.2, -0.15) is 0 Å². The molecule has 3 heterocycles. The number of hydrogen-bond donors (Lipinski definition) is 1. The van der Waals surface area contributed by atoms with Crippen LogP contribution < -0.4 is 10.2 Å². The van der Waals surface area contributed by atoms with Crippen molar-refractivity contribution in [3.63, 3.8) is 0 Å². The summed E-state index contributed by atoms with van der Waals surface area (Å²) in [6.07, 6.45) is 1.84. The summed E-state index contributed by atoms with van der Waals surface area (Å²) in [6, 6.07) is 0.703. The van der Waals surface area contributed by atoms with Crippen LogP contribution in [0.4, 0.5) is 5.82 Å². The zero-order valence-electron chi connectivity index (χ0n) is 11.2. The molecule has 0 unspecified atom stereocenters. The fourth-order valence-corrected chi connectivity index (χ4v) is 2.73. The van der Waals surface area contributed by atoms with E-state index in [9.17, 15) is 0 Å². The van der Waals surface area contributed by atoms with Gasteiger partial charge in [0, 0.05) is 51.5 Å². The maximum Gasteiger partial charge on any atom is 0.150 e. The summed E-state index contributed by atoms with van der Waals surface area (Å²) in [5.41, 5.74) is 2.04. The number of nitrogens with one attached hydrogen (secondary N) is 1. The normalized spacial score (nSPS) is 22.0. The number of rotatable bonds is 2. The van der Waals surface area contributed by atoms with Crippen molar-refractivity contribution in [3.8, 4) is 0 Å². The lowest BCUT2D eigenvalue weighted by Crippen LogP contribution is -2.63. The van der Waals surface area contributed by atoms with Crippen LogP contribution in [0.3, 0.4) is 0 Å². The molecule has 1 N–H and O–H groups in total. The van der Waals surface area contributed by atoms with Gasteiger partial charge in [0.1, 0.15) is 5.82 Å². The van der Waals surface area contributed by atoms with E-state index in [1.54, 1.807) is 0 Å². The van der Waals surface area contributed by atoms with Gasteiger partial charge < -0.3 is 10.2 Å². The third-order valence-corrected chi connectivity index (χ3v) is 3.88. The molecule has 1 aromatic rings. The van der Waals surface area contributed by atoms with Gasteiger partial charge in [-0.05, 0) is 13.8 Å². The first-order chi connectivity index (χ1) is 8.74. The zero-order valence-corrected chi connectivity index (χ0v) is 11.2. The molecule has 0 amide bonds. The van der Waals surface area contributed by atoms with Crippen LogP contribution in [0.1, 0.15) is 11.4 Å². The molecule has 0 atom stereocenters. The average Bonchev–Trinajstić information content (AvgIpc) is 2.33. The summed E-state index contributed by atoms with van der Waals surface area (Å²) in [5.74, 6) is 1.07. The molecule has 2 aliphatic rings. The second-order valence-electron chi connectivity index (χ2n) is 5.27. The van der Waals surface area contributed by atoms with Gasteiger partial charge >= 0.3 is 0 Å². The number of aryl methyl sites for hydroxylation is 2. The first-order valence-electron chi connectivity index (χ1n) is 6.74. The maximum absolute atomic E-state index is 4.61. The molecule has 2 saturated heterocycles. The van der Waals surface area contributed by atoms with Crippen molar-refractivity contribution in [1.82, 2.24) is 20.2 Å². The van der Waals surface area contributed by atoms with Gasteiger partial charge in [0.05, 0.1) is 11.4 Å². The highest BCUT2D eigenvalue weighted by molar-refractivity contribution is 5.46. The van der Waals surface area contributed by atoms with Crippen LogP contribution in [0.2, 0.25) is 0 Å². The molecule has 98 valence electrons. The van der Waals surface area contributed by atoms with Crippen molar-refractivity contribution in [2.24, 2.45) is 0 Å². The number of nitrogens with zero attached hydrogens (tertiary/aromatic N) is 4. The van der Waals surface area contributed by atoms with Crippen LogP contribution in [0, 0.1) is 13.8 Å². The van der Waals surface area contributed by atoms with Crippen LogP contribution in [0.25, 0.3) is 0 Å². The summed E-state index contributed by atoms with van der Waals surface area (Å²) in [6.45, 7) is 10.8. The number of anilines is 1. The van der Waals surface area contributed by atoms with Crippen molar-refractivity contribution >= 4 is 5.82 Å². The molecule has 0 radical (unpaired) electrons. The molecule has 0 saturated carbocycles. The first-order valence-corrected chi connectivity index (χ1v) is 6.74. The SMILES string of the molecule is Cc1cnc(C)c(N2CC(N3CCNCC3)C2)n1. The third-order valence-electron chi connectivity index (χ3n) is 3.88. The zero-order chi connectivity index (χ0) is 12.5. The number of aromatic nitrogens is 2. The summed E-state index contributed by atoms with van der Waals surface area (Å²) >= 11 is 0. The van der Waals surface area contributed by atoms with E-state index in [0.717, 1.165) is 43.4 Å². The standard InChI is InChI=1S/C13H21N5/c1-10-7-15-11(2)13(16-10)18-8-12(9-18)17-5-3-14-4-6-17/h7,12,14H,3-6,8-9H2,1-2H3. The summed E-state index contributed by atoms with van der Waals surface area (Å²) < 4.78 is 0. The summed E-state index contributed by atoms with van der Waals surface area (Å²) in [4.78, 5) is 13.9. The second kappa shape index (κ2) is 4.82. The summed E-state index contributed by atoms with van der Waals surface area (Å²) in [5, 5.41) is 3.40. The van der Waals surface area contributed by atoms with Crippen molar-refractivity contribution < 1.29 is 0 Å². The molecular weight excluding hydrogens is 226 g/mol. The quantitative estimate of drug-likeness (QED) is 0.808. The Morgan fingerprint density at radius 3 is 2.67 bits per heavy atom. The Balaban J connectivity index is 1.62. The lowest BCUT2D eigenvalue weighted by molar-refractivity contribution is 0.147. The van der Waals surface area contributed by atoms with Gasteiger partial charge in [0.15, 0.2) is 0 Å². The molecule has 1 aromatic heterocycles. The Kier molecular flexibility index (Phi) is 3.18. The van der Waals surface area contributed by atoms with E-state index >= 15 is 0 Å². The van der Waals surface area contributed by atoms with Crippen LogP contribution in [0.15, 0.2) is 6.20 Å². The highest BCUT2D eigenvalue weighted by atomic mass is 15.4. The molecule has 5 nitrogen and oxygen atoms in total. The second-order valence-corrected chi connectivity index (χ2v) is 5.27. The minimum Gasteiger partial charge on any atom is -0.352 e. The predicted octanol–water partition coefficient (Wildman–Crippen LogP) is 0.187. The van der Waals surface area contributed by atoms with E-state index in [2.05, 4.69) is 25.1 Å². The van der Waals surface area contributed by atoms with Gasteiger partial charge in [-0.1, -0.05) is 0 Å². The molecule has 5 heteroatoms. The minimum absolute atomic E-state index is 0.703. The fraction of sp³-hybridized carbons (Fsp3) is 0.692. The molecule has 0 aliphatic carbocycles. The summed E-state index contributed by atoms with van der Waals surface area (Å²) in [7, 11) is 0. The topological polar surface area (TPSA) is 44.3 Å². The molecular formula is C13H21N5. The van der Waals surface area contributed by atoms with E-state index in [4.69, 9.17) is 0 Å². The van der Waals surface area contributed by atoms with Crippen LogP contribution in [-0.2, 0) is 0 Å². The minimum atomic E-state index is 0.703. The largest absolute Gasteiger partial charge is 0.352 e. The van der Waals surface area contributed by atoms with Crippen molar-refractivity contribution in [3.05, 3.63) is 17.6 Å². The smallest absolute Gasteiger partial charge is 0.150 e. The average molecular weight is 247 g/mol. The highest BCUT2D eigenvalue weighted by Crippen LogP contribution is 2.24. The Hall–Kier alpha value is -1.20. The molecule has 0 spiro atoms. The van der Waals surface area contributed by atoms with E-state index in [1.165, 1.54) is 13.1 Å². The molecule has 18 heavy (non-hydrogen) atoms. The highest BCUT2D eigenvalue weighted by Gasteiger charge is 2.33. The molecule has 0 aromatic carbocycles. The van der Waals surface area contributed by atoms with Crippen molar-refractivity contribution in [2.45, 2.75) is 19.9 Å². The van der Waals surface area contributed by atoms with Gasteiger partial charge in [-0.15, -0.1) is 0 Å². The van der Waals surface area contributed by atoms with Crippen LogP contribution >= 0.6 is 0 Å². The lowest BCUT2D eigenvalue weighted by atomic mass is 10.1. The van der Waals surface area contributed by atoms with Gasteiger partial charge in [-0.3, -0.25) is 9.88 Å². The predicted molar refractivity (Wildman–Crippen MR) is 71.9 cm³/mol. The Bertz CT molecular complexity index is 421. The molecule has 2 fully saturated rings. The fourth-order valence-electron chi connectivity index (χ4n) is 2.73. The van der Waals surface area contributed by atoms with E-state index < -0.39 is 0 Å². The lowest BCUT2D eigenvalue weighted by Gasteiger charge is -2.47. The van der Waals surface area contributed by atoms with Gasteiger partial charge in [0.2, 0.25) is 0 Å². The Morgan fingerprint density at radius 2 is 1.94 bits per heavy atom. The van der Waals surface area contributed by atoms with E-state index in [0.29, 0.717) is 6.04 Å². The van der Waals surface area contributed by atoms with Gasteiger partial charge in [-0.25, -0.2) is 4.98 Å². The molecule has 0 bridgehead atoms. The first kappa shape index (κ1) is 11.9. The van der Waals surface area contributed by atoms with E-state index in [1.807, 2.05) is 20.0 Å². The monoisotopic (exact) mass is 247 g/mol. The molecule has 2 aliphatic heterocycles. The van der Waals surface area contributed by atoms with E-state index in [-0.39, 0.29) is 0 Å². The molecule has 3 rings (SSSR count). The van der Waals surface area contributed by atoms with Crippen LogP contribution in [0.5, 0.6) is 0 Å². The maximum atomic E-state index is 4.61. The Labute approximate surface area is 108 Å².